The summed E-state index contributed by atoms with van der Waals surface area (Å²) in [7, 11) is 0. The average molecular weight is 298 g/mol. The summed E-state index contributed by atoms with van der Waals surface area (Å²) in [5.41, 5.74) is -0.132. The molecular formula is C13H15FN2O5. The fourth-order valence-corrected chi connectivity index (χ4v) is 2.04. The third-order valence-electron chi connectivity index (χ3n) is 3.05. The van der Waals surface area contributed by atoms with Crippen LogP contribution in [0.5, 0.6) is 0 Å². The molecule has 0 bridgehead atoms. The number of nitrogens with one attached hydrogen (secondary N) is 1. The van der Waals surface area contributed by atoms with Gasteiger partial charge in [0.05, 0.1) is 30.5 Å². The van der Waals surface area contributed by atoms with Crippen LogP contribution in [0.25, 0.3) is 0 Å². The molecule has 1 amide bonds. The van der Waals surface area contributed by atoms with Gasteiger partial charge < -0.3 is 19.9 Å². The van der Waals surface area contributed by atoms with E-state index in [0.29, 0.717) is 13.0 Å². The van der Waals surface area contributed by atoms with E-state index in [2.05, 4.69) is 10.3 Å². The fraction of sp³-hybridized carbons (Fsp3) is 0.462. The normalized spacial score (nSPS) is 21.8. The Balaban J connectivity index is 2.00. The largest absolute Gasteiger partial charge is 0.480 e. The van der Waals surface area contributed by atoms with E-state index >= 15 is 0 Å². The SMILES string of the molecule is O=C(O)CO[C@@H]1CCOC[C@@H]1NC(=O)c1ccncc1F. The Morgan fingerprint density at radius 1 is 1.57 bits per heavy atom. The number of pyridine rings is 1. The highest BCUT2D eigenvalue weighted by atomic mass is 19.1. The van der Waals surface area contributed by atoms with Crippen LogP contribution in [0.1, 0.15) is 16.8 Å². The lowest BCUT2D eigenvalue weighted by atomic mass is 10.1. The second-order valence-corrected chi connectivity index (χ2v) is 4.54. The van der Waals surface area contributed by atoms with Crippen LogP contribution >= 0.6 is 0 Å². The Kier molecular flexibility index (Phi) is 5.18. The third kappa shape index (κ3) is 4.20. The number of rotatable bonds is 5. The quantitative estimate of drug-likeness (QED) is 0.806. The van der Waals surface area contributed by atoms with Gasteiger partial charge in [0, 0.05) is 12.8 Å². The van der Waals surface area contributed by atoms with Crippen molar-refractivity contribution in [1.29, 1.82) is 0 Å². The number of aromatic nitrogens is 1. The summed E-state index contributed by atoms with van der Waals surface area (Å²) < 4.78 is 23.9. The van der Waals surface area contributed by atoms with Crippen molar-refractivity contribution in [3.8, 4) is 0 Å². The number of carbonyl (C=O) groups is 2. The first-order valence-corrected chi connectivity index (χ1v) is 6.39. The third-order valence-corrected chi connectivity index (χ3v) is 3.05. The summed E-state index contributed by atoms with van der Waals surface area (Å²) in [6.07, 6.45) is 2.24. The zero-order chi connectivity index (χ0) is 15.2. The molecule has 1 aromatic rings. The zero-order valence-electron chi connectivity index (χ0n) is 11.1. The Hall–Kier alpha value is -2.06. The molecule has 1 aliphatic heterocycles. The first-order valence-electron chi connectivity index (χ1n) is 6.39. The molecule has 2 heterocycles. The molecule has 1 aromatic heterocycles. The van der Waals surface area contributed by atoms with Crippen LogP contribution in [0.3, 0.4) is 0 Å². The molecule has 0 unspecified atom stereocenters. The summed E-state index contributed by atoms with van der Waals surface area (Å²) >= 11 is 0. The van der Waals surface area contributed by atoms with Crippen LogP contribution in [0.2, 0.25) is 0 Å². The van der Waals surface area contributed by atoms with E-state index in [4.69, 9.17) is 14.6 Å². The van der Waals surface area contributed by atoms with Crippen LogP contribution in [-0.4, -0.2) is 53.9 Å². The maximum atomic E-state index is 13.5. The van der Waals surface area contributed by atoms with E-state index in [0.717, 1.165) is 6.20 Å². The van der Waals surface area contributed by atoms with Gasteiger partial charge >= 0.3 is 5.97 Å². The number of carboxylic acids is 1. The van der Waals surface area contributed by atoms with E-state index in [1.54, 1.807) is 0 Å². The molecule has 1 aliphatic rings. The summed E-state index contributed by atoms with van der Waals surface area (Å²) in [5, 5.41) is 11.2. The molecule has 0 aliphatic carbocycles. The molecule has 0 radical (unpaired) electrons. The minimum Gasteiger partial charge on any atom is -0.480 e. The van der Waals surface area contributed by atoms with Gasteiger partial charge in [0.25, 0.3) is 5.91 Å². The van der Waals surface area contributed by atoms with Gasteiger partial charge in [0.1, 0.15) is 6.61 Å². The van der Waals surface area contributed by atoms with E-state index in [1.165, 1.54) is 12.3 Å². The highest BCUT2D eigenvalue weighted by molar-refractivity contribution is 5.94. The maximum Gasteiger partial charge on any atom is 0.329 e. The van der Waals surface area contributed by atoms with Gasteiger partial charge in [-0.1, -0.05) is 0 Å². The molecule has 8 heteroatoms. The Labute approximate surface area is 120 Å². The summed E-state index contributed by atoms with van der Waals surface area (Å²) in [4.78, 5) is 26.1. The van der Waals surface area contributed by atoms with E-state index in [9.17, 15) is 14.0 Å². The number of amides is 1. The molecule has 2 atom stereocenters. The Morgan fingerprint density at radius 2 is 2.38 bits per heavy atom. The highest BCUT2D eigenvalue weighted by Crippen LogP contribution is 2.13. The number of carbonyl (C=O) groups excluding carboxylic acids is 1. The van der Waals surface area contributed by atoms with Crippen molar-refractivity contribution in [2.45, 2.75) is 18.6 Å². The van der Waals surface area contributed by atoms with Crippen molar-refractivity contribution in [1.82, 2.24) is 10.3 Å². The van der Waals surface area contributed by atoms with Gasteiger partial charge in [-0.3, -0.25) is 9.78 Å². The van der Waals surface area contributed by atoms with Gasteiger partial charge in [-0.25, -0.2) is 9.18 Å². The number of ether oxygens (including phenoxy) is 2. The molecule has 21 heavy (non-hydrogen) atoms. The minimum absolute atomic E-state index is 0.132. The number of hydrogen-bond donors (Lipinski definition) is 2. The molecule has 0 spiro atoms. The smallest absolute Gasteiger partial charge is 0.329 e. The van der Waals surface area contributed by atoms with Crippen LogP contribution in [0.15, 0.2) is 18.5 Å². The fourth-order valence-electron chi connectivity index (χ4n) is 2.04. The van der Waals surface area contributed by atoms with Crippen molar-refractivity contribution in [2.75, 3.05) is 19.8 Å². The minimum atomic E-state index is -1.09. The second-order valence-electron chi connectivity index (χ2n) is 4.54. The van der Waals surface area contributed by atoms with E-state index in [-0.39, 0.29) is 12.2 Å². The predicted octanol–water partition coefficient (Wildman–Crippen LogP) is 0.209. The Morgan fingerprint density at radius 3 is 3.10 bits per heavy atom. The van der Waals surface area contributed by atoms with Gasteiger partial charge in [0.2, 0.25) is 0 Å². The summed E-state index contributed by atoms with van der Waals surface area (Å²) in [6.45, 7) is 0.143. The number of carboxylic acid groups (broad SMARTS) is 1. The monoisotopic (exact) mass is 298 g/mol. The Bertz CT molecular complexity index is 525. The second kappa shape index (κ2) is 7.09. The van der Waals surface area contributed by atoms with Gasteiger partial charge in [-0.2, -0.15) is 0 Å². The van der Waals surface area contributed by atoms with Crippen molar-refractivity contribution in [2.24, 2.45) is 0 Å². The van der Waals surface area contributed by atoms with Gasteiger partial charge in [0.15, 0.2) is 5.82 Å². The van der Waals surface area contributed by atoms with Gasteiger partial charge in [-0.15, -0.1) is 0 Å². The summed E-state index contributed by atoms with van der Waals surface area (Å²) in [6, 6.07) is 0.736. The number of hydrogen-bond acceptors (Lipinski definition) is 5. The first-order chi connectivity index (χ1) is 10.1. The lowest BCUT2D eigenvalue weighted by Crippen LogP contribution is -2.51. The van der Waals surface area contributed by atoms with Crippen LogP contribution in [0.4, 0.5) is 4.39 Å². The van der Waals surface area contributed by atoms with Crippen LogP contribution in [-0.2, 0) is 14.3 Å². The maximum absolute atomic E-state index is 13.5. The van der Waals surface area contributed by atoms with Crippen LogP contribution < -0.4 is 5.32 Å². The molecule has 0 saturated carbocycles. The molecule has 2 rings (SSSR count). The van der Waals surface area contributed by atoms with E-state index in [1.807, 2.05) is 0 Å². The lowest BCUT2D eigenvalue weighted by Gasteiger charge is -2.31. The van der Waals surface area contributed by atoms with Crippen molar-refractivity contribution < 1.29 is 28.6 Å². The lowest BCUT2D eigenvalue weighted by molar-refractivity contribution is -0.147. The van der Waals surface area contributed by atoms with Crippen LogP contribution in [0, 0.1) is 5.82 Å². The average Bonchev–Trinajstić information content (AvgIpc) is 2.46. The first kappa shape index (κ1) is 15.3. The molecule has 114 valence electrons. The molecule has 1 saturated heterocycles. The topological polar surface area (TPSA) is 97.8 Å². The number of nitrogens with zero attached hydrogens (tertiary/aromatic N) is 1. The van der Waals surface area contributed by atoms with Crippen molar-refractivity contribution in [3.05, 3.63) is 29.8 Å². The molecular weight excluding hydrogens is 283 g/mol. The van der Waals surface area contributed by atoms with E-state index < -0.39 is 36.4 Å². The standard InChI is InChI=1S/C13H15FN2O5/c14-9-5-15-3-1-8(9)13(19)16-10-6-20-4-2-11(10)21-7-12(17)18/h1,3,5,10-11H,2,4,6-7H2,(H,16,19)(H,17,18)/t10-,11+/m0/s1. The van der Waals surface area contributed by atoms with Crippen molar-refractivity contribution >= 4 is 11.9 Å². The van der Waals surface area contributed by atoms with Gasteiger partial charge in [-0.05, 0) is 12.5 Å². The predicted molar refractivity (Wildman–Crippen MR) is 68.3 cm³/mol. The highest BCUT2D eigenvalue weighted by Gasteiger charge is 2.29. The molecule has 2 N–H and O–H groups in total. The number of aliphatic carboxylic acids is 1. The molecule has 7 nitrogen and oxygen atoms in total. The van der Waals surface area contributed by atoms with Crippen molar-refractivity contribution in [3.63, 3.8) is 0 Å². The molecule has 1 fully saturated rings. The zero-order valence-corrected chi connectivity index (χ0v) is 11.1. The number of halogens is 1. The molecule has 0 aromatic carbocycles. The summed E-state index contributed by atoms with van der Waals surface area (Å²) in [5.74, 6) is -2.43.